The van der Waals surface area contributed by atoms with Gasteiger partial charge in [-0.3, -0.25) is 4.79 Å². The van der Waals surface area contributed by atoms with Gasteiger partial charge >= 0.3 is 0 Å². The zero-order valence-electron chi connectivity index (χ0n) is 15.8. The van der Waals surface area contributed by atoms with E-state index in [1.165, 1.54) is 12.1 Å². The quantitative estimate of drug-likeness (QED) is 0.787. The van der Waals surface area contributed by atoms with E-state index in [0.29, 0.717) is 18.0 Å². The SMILES string of the molecule is CCCN1CCC(C(=O)NCc2ccc(Oc3ccc(F)cc3)cc2)CC1. The number of halogens is 1. The fourth-order valence-corrected chi connectivity index (χ4v) is 3.38. The van der Waals surface area contributed by atoms with Crippen LogP contribution in [0.5, 0.6) is 11.5 Å². The van der Waals surface area contributed by atoms with Crippen LogP contribution in [0.25, 0.3) is 0 Å². The second kappa shape index (κ2) is 9.51. The number of rotatable bonds is 7. The highest BCUT2D eigenvalue weighted by atomic mass is 19.1. The fraction of sp³-hybridized carbons (Fsp3) is 0.409. The molecule has 144 valence electrons. The van der Waals surface area contributed by atoms with Crippen molar-refractivity contribution in [2.45, 2.75) is 32.7 Å². The number of hydrogen-bond acceptors (Lipinski definition) is 3. The van der Waals surface area contributed by atoms with E-state index in [4.69, 9.17) is 4.74 Å². The van der Waals surface area contributed by atoms with Crippen molar-refractivity contribution in [3.63, 3.8) is 0 Å². The van der Waals surface area contributed by atoms with Crippen LogP contribution in [0.1, 0.15) is 31.7 Å². The van der Waals surface area contributed by atoms with Gasteiger partial charge in [0.2, 0.25) is 5.91 Å². The molecule has 0 spiro atoms. The molecule has 0 saturated carbocycles. The number of likely N-dealkylation sites (tertiary alicyclic amines) is 1. The summed E-state index contributed by atoms with van der Waals surface area (Å²) in [5.41, 5.74) is 1.03. The predicted molar refractivity (Wildman–Crippen MR) is 104 cm³/mol. The van der Waals surface area contributed by atoms with Crippen LogP contribution in [0, 0.1) is 11.7 Å². The van der Waals surface area contributed by atoms with Gasteiger partial charge in [0.1, 0.15) is 17.3 Å². The Hall–Kier alpha value is -2.40. The maximum Gasteiger partial charge on any atom is 0.223 e. The van der Waals surface area contributed by atoms with Gasteiger partial charge in [-0.25, -0.2) is 4.39 Å². The molecule has 1 heterocycles. The van der Waals surface area contributed by atoms with Crippen molar-refractivity contribution < 1.29 is 13.9 Å². The van der Waals surface area contributed by atoms with Crippen molar-refractivity contribution in [1.29, 1.82) is 0 Å². The lowest BCUT2D eigenvalue weighted by Crippen LogP contribution is -2.40. The molecule has 0 aromatic heterocycles. The van der Waals surface area contributed by atoms with Crippen LogP contribution < -0.4 is 10.1 Å². The van der Waals surface area contributed by atoms with Crippen LogP contribution >= 0.6 is 0 Å². The molecule has 1 amide bonds. The van der Waals surface area contributed by atoms with Gasteiger partial charge in [-0.2, -0.15) is 0 Å². The Kier molecular flexibility index (Phi) is 6.82. The fourth-order valence-electron chi connectivity index (χ4n) is 3.38. The van der Waals surface area contributed by atoms with E-state index >= 15 is 0 Å². The minimum absolute atomic E-state index is 0.124. The summed E-state index contributed by atoms with van der Waals surface area (Å²) >= 11 is 0. The van der Waals surface area contributed by atoms with E-state index < -0.39 is 0 Å². The van der Waals surface area contributed by atoms with Gasteiger partial charge < -0.3 is 15.0 Å². The first-order valence-corrected chi connectivity index (χ1v) is 9.66. The van der Waals surface area contributed by atoms with Gasteiger partial charge in [0.15, 0.2) is 0 Å². The summed E-state index contributed by atoms with van der Waals surface area (Å²) in [4.78, 5) is 14.8. The van der Waals surface area contributed by atoms with Crippen molar-refractivity contribution in [1.82, 2.24) is 10.2 Å². The third-order valence-electron chi connectivity index (χ3n) is 4.94. The number of nitrogens with one attached hydrogen (secondary N) is 1. The Balaban J connectivity index is 1.44. The number of ether oxygens (including phenoxy) is 1. The zero-order valence-corrected chi connectivity index (χ0v) is 15.8. The average Bonchev–Trinajstić information content (AvgIpc) is 2.70. The molecular weight excluding hydrogens is 343 g/mol. The molecule has 0 radical (unpaired) electrons. The molecule has 1 N–H and O–H groups in total. The van der Waals surface area contributed by atoms with E-state index in [0.717, 1.165) is 44.5 Å². The highest BCUT2D eigenvalue weighted by molar-refractivity contribution is 5.78. The third kappa shape index (κ3) is 5.79. The molecule has 1 aliphatic rings. The Morgan fingerprint density at radius 2 is 1.67 bits per heavy atom. The van der Waals surface area contributed by atoms with E-state index in [9.17, 15) is 9.18 Å². The third-order valence-corrected chi connectivity index (χ3v) is 4.94. The summed E-state index contributed by atoms with van der Waals surface area (Å²) in [6, 6.07) is 13.5. The molecule has 2 aromatic rings. The maximum atomic E-state index is 12.9. The average molecular weight is 370 g/mol. The Labute approximate surface area is 160 Å². The van der Waals surface area contributed by atoms with Gasteiger partial charge in [0.05, 0.1) is 0 Å². The van der Waals surface area contributed by atoms with Crippen LogP contribution in [-0.2, 0) is 11.3 Å². The largest absolute Gasteiger partial charge is 0.457 e. The number of piperidine rings is 1. The van der Waals surface area contributed by atoms with Gasteiger partial charge in [-0.05, 0) is 80.9 Å². The first kappa shape index (κ1) is 19.4. The van der Waals surface area contributed by atoms with Crippen molar-refractivity contribution in [3.05, 3.63) is 59.9 Å². The predicted octanol–water partition coefficient (Wildman–Crippen LogP) is 4.36. The van der Waals surface area contributed by atoms with Crippen LogP contribution in [0.3, 0.4) is 0 Å². The number of carbonyl (C=O) groups is 1. The van der Waals surface area contributed by atoms with Crippen molar-refractivity contribution in [2.75, 3.05) is 19.6 Å². The summed E-state index contributed by atoms with van der Waals surface area (Å²) < 4.78 is 18.6. The topological polar surface area (TPSA) is 41.6 Å². The molecule has 1 saturated heterocycles. The second-order valence-electron chi connectivity index (χ2n) is 7.03. The Morgan fingerprint density at radius 1 is 1.07 bits per heavy atom. The minimum Gasteiger partial charge on any atom is -0.457 e. The molecular formula is C22H27FN2O2. The number of nitrogens with zero attached hydrogens (tertiary/aromatic N) is 1. The van der Waals surface area contributed by atoms with Crippen LogP contribution in [0.4, 0.5) is 4.39 Å². The molecule has 2 aromatic carbocycles. The lowest BCUT2D eigenvalue weighted by Gasteiger charge is -2.30. The molecule has 3 rings (SSSR count). The number of carbonyl (C=O) groups excluding carboxylic acids is 1. The first-order valence-electron chi connectivity index (χ1n) is 9.66. The molecule has 0 bridgehead atoms. The normalized spacial score (nSPS) is 15.5. The van der Waals surface area contributed by atoms with Crippen LogP contribution in [0.15, 0.2) is 48.5 Å². The summed E-state index contributed by atoms with van der Waals surface area (Å²) in [5.74, 6) is 1.26. The van der Waals surface area contributed by atoms with Crippen molar-refractivity contribution >= 4 is 5.91 Å². The highest BCUT2D eigenvalue weighted by Crippen LogP contribution is 2.22. The standard InChI is InChI=1S/C22H27FN2O2/c1-2-13-25-14-11-18(12-15-25)22(26)24-16-17-3-7-20(8-4-17)27-21-9-5-19(23)6-10-21/h3-10,18H,2,11-16H2,1H3,(H,24,26). The van der Waals surface area contributed by atoms with Gasteiger partial charge in [-0.15, -0.1) is 0 Å². The number of hydrogen-bond donors (Lipinski definition) is 1. The van der Waals surface area contributed by atoms with Gasteiger partial charge in [-0.1, -0.05) is 19.1 Å². The highest BCUT2D eigenvalue weighted by Gasteiger charge is 2.24. The minimum atomic E-state index is -0.288. The molecule has 1 aliphatic heterocycles. The summed E-state index contributed by atoms with van der Waals surface area (Å²) in [6.07, 6.45) is 3.05. The van der Waals surface area contributed by atoms with Crippen LogP contribution in [-0.4, -0.2) is 30.4 Å². The monoisotopic (exact) mass is 370 g/mol. The lowest BCUT2D eigenvalue weighted by atomic mass is 9.95. The molecule has 0 unspecified atom stereocenters. The Bertz CT molecular complexity index is 723. The Morgan fingerprint density at radius 3 is 2.26 bits per heavy atom. The van der Waals surface area contributed by atoms with E-state index in [-0.39, 0.29) is 17.6 Å². The summed E-state index contributed by atoms with van der Waals surface area (Å²) in [7, 11) is 0. The summed E-state index contributed by atoms with van der Waals surface area (Å²) in [6.45, 7) is 5.86. The smallest absolute Gasteiger partial charge is 0.223 e. The lowest BCUT2D eigenvalue weighted by molar-refractivity contribution is -0.126. The number of amides is 1. The van der Waals surface area contributed by atoms with E-state index in [1.54, 1.807) is 12.1 Å². The van der Waals surface area contributed by atoms with Gasteiger partial charge in [0, 0.05) is 12.5 Å². The maximum absolute atomic E-state index is 12.9. The molecule has 5 heteroatoms. The number of benzene rings is 2. The molecule has 27 heavy (non-hydrogen) atoms. The van der Waals surface area contributed by atoms with Crippen molar-refractivity contribution in [2.24, 2.45) is 5.92 Å². The molecule has 0 aliphatic carbocycles. The molecule has 0 atom stereocenters. The van der Waals surface area contributed by atoms with E-state index in [2.05, 4.69) is 17.1 Å². The zero-order chi connectivity index (χ0) is 19.1. The summed E-state index contributed by atoms with van der Waals surface area (Å²) in [5, 5.41) is 3.05. The molecule has 4 nitrogen and oxygen atoms in total. The first-order chi connectivity index (χ1) is 13.1. The molecule has 1 fully saturated rings. The van der Waals surface area contributed by atoms with Crippen LogP contribution in [0.2, 0.25) is 0 Å². The van der Waals surface area contributed by atoms with Crippen molar-refractivity contribution in [3.8, 4) is 11.5 Å². The second-order valence-corrected chi connectivity index (χ2v) is 7.03. The van der Waals surface area contributed by atoms with Gasteiger partial charge in [0.25, 0.3) is 0 Å². The van der Waals surface area contributed by atoms with E-state index in [1.807, 2.05) is 24.3 Å².